The third-order valence-electron chi connectivity index (χ3n) is 3.14. The number of hydrogen-bond acceptors (Lipinski definition) is 4. The number of carbonyl (C=O) groups excluding carboxylic acids is 1. The van der Waals surface area contributed by atoms with Crippen LogP contribution in [0.1, 0.15) is 20.3 Å². The van der Waals surface area contributed by atoms with Crippen molar-refractivity contribution in [3.8, 4) is 6.07 Å². The maximum atomic E-state index is 12.2. The predicted molar refractivity (Wildman–Crippen MR) is 80.6 cm³/mol. The number of benzene rings is 1. The molecule has 0 saturated carbocycles. The second-order valence-electron chi connectivity index (χ2n) is 4.43. The molecule has 1 aliphatic rings. The molecule has 0 spiro atoms. The topological polar surface area (TPSA) is 77.6 Å². The van der Waals surface area contributed by atoms with Gasteiger partial charge in [0.2, 0.25) is 5.91 Å². The lowest BCUT2D eigenvalue weighted by Gasteiger charge is -2.20. The number of carbonyl (C=O) groups is 1. The largest absolute Gasteiger partial charge is 0.322 e. The minimum Gasteiger partial charge on any atom is -0.322 e. The van der Waals surface area contributed by atoms with Gasteiger partial charge in [0.05, 0.1) is 33.2 Å². The molecule has 2 rings (SSSR count). The van der Waals surface area contributed by atoms with Crippen molar-refractivity contribution in [2.24, 2.45) is 14.1 Å². The van der Waals surface area contributed by atoms with E-state index in [0.29, 0.717) is 28.5 Å². The lowest BCUT2D eigenvalue weighted by atomic mass is 9.88. The maximum Gasteiger partial charge on any atom is 0.244 e. The van der Waals surface area contributed by atoms with E-state index in [9.17, 15) is 4.79 Å². The Hall–Kier alpha value is -1.42. The van der Waals surface area contributed by atoms with Crippen LogP contribution in [-0.4, -0.2) is 5.91 Å². The van der Waals surface area contributed by atoms with Crippen LogP contribution in [0.3, 0.4) is 0 Å². The molecule has 104 valence electrons. The first-order chi connectivity index (χ1) is 9.42. The van der Waals surface area contributed by atoms with E-state index < -0.39 is 11.3 Å². The van der Waals surface area contributed by atoms with Gasteiger partial charge in [-0.15, -0.1) is 0 Å². The van der Waals surface area contributed by atoms with E-state index in [1.807, 2.05) is 6.07 Å². The van der Waals surface area contributed by atoms with E-state index in [-0.39, 0.29) is 5.02 Å². The average Bonchev–Trinajstić information content (AvgIpc) is 2.92. The highest BCUT2D eigenvalue weighted by Gasteiger charge is 2.33. The van der Waals surface area contributed by atoms with Gasteiger partial charge in [-0.2, -0.15) is 14.0 Å². The molecule has 0 saturated heterocycles. The van der Waals surface area contributed by atoms with Gasteiger partial charge in [0, 0.05) is 0 Å². The lowest BCUT2D eigenvalue weighted by molar-refractivity contribution is -0.122. The van der Waals surface area contributed by atoms with Gasteiger partial charge in [-0.05, 0) is 19.4 Å². The fraction of sp³-hybridized carbons (Fsp3) is 0.333. The molecule has 1 atom stereocenters. The van der Waals surface area contributed by atoms with Gasteiger partial charge in [-0.3, -0.25) is 4.79 Å². The summed E-state index contributed by atoms with van der Waals surface area (Å²) in [5, 5.41) is 12.4. The molecule has 0 aliphatic carbocycles. The van der Waals surface area contributed by atoms with E-state index in [1.54, 1.807) is 13.8 Å². The molecule has 20 heavy (non-hydrogen) atoms. The van der Waals surface area contributed by atoms with Crippen molar-refractivity contribution < 1.29 is 4.79 Å². The molecule has 1 aromatic carbocycles. The van der Waals surface area contributed by atoms with Crippen LogP contribution in [0.4, 0.5) is 17.1 Å². The Morgan fingerprint density at radius 3 is 2.70 bits per heavy atom. The number of nitriles is 1. The zero-order chi connectivity index (χ0) is 14.9. The quantitative estimate of drug-likeness (QED) is 0.893. The van der Waals surface area contributed by atoms with Crippen LogP contribution in [0.2, 0.25) is 10.0 Å². The van der Waals surface area contributed by atoms with Crippen LogP contribution < -0.4 is 5.32 Å². The van der Waals surface area contributed by atoms with Crippen molar-refractivity contribution in [2.45, 2.75) is 20.3 Å². The Morgan fingerprint density at radius 2 is 2.10 bits per heavy atom. The van der Waals surface area contributed by atoms with Gasteiger partial charge in [-0.25, -0.2) is 0 Å². The highest BCUT2D eigenvalue weighted by Crippen LogP contribution is 2.48. The van der Waals surface area contributed by atoms with Crippen LogP contribution in [-0.2, 0) is 16.1 Å². The van der Waals surface area contributed by atoms with Gasteiger partial charge in [0.25, 0.3) is 0 Å². The molecule has 5 nitrogen and oxygen atoms in total. The summed E-state index contributed by atoms with van der Waals surface area (Å²) in [5.41, 5.74) is 0.113. The molecule has 1 aromatic rings. The molecular formula is C12H10Cl2N4OS. The molecule has 1 heterocycles. The second-order valence-corrected chi connectivity index (χ2v) is 5.77. The monoisotopic (exact) mass is 328 g/mol. The number of anilines is 1. The minimum absolute atomic E-state index is 0.264. The number of amides is 1. The van der Waals surface area contributed by atoms with Crippen molar-refractivity contribution in [1.29, 1.82) is 5.26 Å². The van der Waals surface area contributed by atoms with Gasteiger partial charge in [0.1, 0.15) is 16.8 Å². The van der Waals surface area contributed by atoms with Crippen LogP contribution in [0.15, 0.2) is 14.8 Å². The summed E-state index contributed by atoms with van der Waals surface area (Å²) in [6.07, 6.45) is 0.388. The molecule has 0 aromatic heterocycles. The summed E-state index contributed by atoms with van der Waals surface area (Å²) in [4.78, 5) is 12.2. The first kappa shape index (κ1) is 15.0. The zero-order valence-corrected chi connectivity index (χ0v) is 13.0. The molecule has 0 radical (unpaired) electrons. The van der Waals surface area contributed by atoms with Crippen molar-refractivity contribution >= 4 is 57.5 Å². The molecular weight excluding hydrogens is 319 g/mol. The Labute approximate surface area is 129 Å². The first-order valence-corrected chi connectivity index (χ1v) is 7.24. The Kier molecular flexibility index (Phi) is 4.14. The normalized spacial score (nSPS) is 14.9. The highest BCUT2D eigenvalue weighted by atomic mass is 35.5. The fourth-order valence-corrected chi connectivity index (χ4v) is 2.69. The van der Waals surface area contributed by atoms with Crippen molar-refractivity contribution in [3.63, 3.8) is 0 Å². The molecule has 8 heteroatoms. The zero-order valence-electron chi connectivity index (χ0n) is 10.7. The van der Waals surface area contributed by atoms with Crippen LogP contribution in [0.5, 0.6) is 0 Å². The fourth-order valence-electron chi connectivity index (χ4n) is 1.53. The van der Waals surface area contributed by atoms with Gasteiger partial charge in [-0.1, -0.05) is 30.1 Å². The standard InChI is InChI=1S/C12H10Cl2N4OS/c1-3-12(2,5-15)11(19)16-8-6(13)4-7(14)9-10(8)18-20-17-9/h4H,3H2,1-2H3,(H,16,19). The van der Waals surface area contributed by atoms with Crippen molar-refractivity contribution in [1.82, 2.24) is 0 Å². The average molecular weight is 329 g/mol. The van der Waals surface area contributed by atoms with Gasteiger partial charge >= 0.3 is 0 Å². The maximum absolute atomic E-state index is 12.2. The summed E-state index contributed by atoms with van der Waals surface area (Å²) in [5.74, 6) is -0.430. The van der Waals surface area contributed by atoms with Gasteiger partial charge < -0.3 is 5.32 Å². The molecule has 1 aliphatic heterocycles. The first-order valence-electron chi connectivity index (χ1n) is 5.76. The Balaban J connectivity index is 2.42. The minimum atomic E-state index is -1.13. The summed E-state index contributed by atoms with van der Waals surface area (Å²) in [6.45, 7) is 3.34. The van der Waals surface area contributed by atoms with E-state index in [0.717, 1.165) is 11.4 Å². The van der Waals surface area contributed by atoms with Crippen LogP contribution in [0, 0.1) is 16.7 Å². The predicted octanol–water partition coefficient (Wildman–Crippen LogP) is 4.60. The van der Waals surface area contributed by atoms with Gasteiger partial charge in [0.15, 0.2) is 0 Å². The summed E-state index contributed by atoms with van der Waals surface area (Å²) in [6, 6.07) is 3.50. The summed E-state index contributed by atoms with van der Waals surface area (Å²) >= 11 is 13.1. The number of halogens is 2. The Morgan fingerprint density at radius 1 is 1.45 bits per heavy atom. The van der Waals surface area contributed by atoms with E-state index in [1.165, 1.54) is 6.07 Å². The molecule has 1 amide bonds. The third kappa shape index (κ3) is 2.44. The third-order valence-corrected chi connectivity index (χ3v) is 4.25. The summed E-state index contributed by atoms with van der Waals surface area (Å²) < 4.78 is 8.14. The number of nitrogens with zero attached hydrogens (tertiary/aromatic N) is 3. The van der Waals surface area contributed by atoms with Crippen molar-refractivity contribution in [3.05, 3.63) is 16.1 Å². The van der Waals surface area contributed by atoms with E-state index in [2.05, 4.69) is 14.0 Å². The SMILES string of the molecule is CCC(C)(C#N)C(=O)Nc1c(Cl)cc(Cl)c2c1N=S=N2. The van der Waals surface area contributed by atoms with Crippen molar-refractivity contribution in [2.75, 3.05) is 5.32 Å². The Bertz CT molecular complexity index is 706. The lowest BCUT2D eigenvalue weighted by Crippen LogP contribution is -2.31. The van der Waals surface area contributed by atoms with Crippen LogP contribution >= 0.6 is 23.2 Å². The molecule has 1 unspecified atom stereocenters. The smallest absolute Gasteiger partial charge is 0.244 e. The number of hydrogen-bond donors (Lipinski definition) is 1. The molecule has 0 bridgehead atoms. The molecule has 0 fully saturated rings. The van der Waals surface area contributed by atoms with E-state index in [4.69, 9.17) is 28.5 Å². The molecule has 1 N–H and O–H groups in total. The van der Waals surface area contributed by atoms with E-state index >= 15 is 0 Å². The number of rotatable bonds is 3. The number of nitrogens with one attached hydrogen (secondary N) is 1. The second kappa shape index (κ2) is 5.52. The summed E-state index contributed by atoms with van der Waals surface area (Å²) in [7, 11) is 0. The van der Waals surface area contributed by atoms with Crippen LogP contribution in [0.25, 0.3) is 0 Å². The highest BCUT2D eigenvalue weighted by molar-refractivity contribution is 7.58. The number of fused-ring (bicyclic) bond motifs is 1.